The van der Waals surface area contributed by atoms with Gasteiger partial charge in [0.05, 0.1) is 34.0 Å². The van der Waals surface area contributed by atoms with E-state index in [0.717, 1.165) is 30.4 Å². The molecule has 0 spiro atoms. The predicted molar refractivity (Wildman–Crippen MR) is 112 cm³/mol. The lowest BCUT2D eigenvalue weighted by Gasteiger charge is -2.19. The Balaban J connectivity index is 1.44. The van der Waals surface area contributed by atoms with Crippen molar-refractivity contribution in [1.82, 2.24) is 5.06 Å². The Morgan fingerprint density at radius 3 is 2.33 bits per heavy atom. The molecule has 0 radical (unpaired) electrons. The molecule has 0 aliphatic carbocycles. The van der Waals surface area contributed by atoms with Gasteiger partial charge in [-0.25, -0.2) is 0 Å². The van der Waals surface area contributed by atoms with Crippen LogP contribution < -0.4 is 14.2 Å². The molecule has 7 heteroatoms. The standard InChI is InChI=1S/C23H31NO6/c1-26-20-14-18(15-21(27-2)23(20)28-3)19-10-11-22(30-19)29-13-7-12-24(25)16-17-8-5-4-6-9-17/h4-6,8-9,14-15,19,22,25H,7,10-13,16H2,1-3H3. The van der Waals surface area contributed by atoms with Crippen molar-refractivity contribution in [2.45, 2.75) is 38.2 Å². The first-order valence-corrected chi connectivity index (χ1v) is 10.2. The average molecular weight is 418 g/mol. The van der Waals surface area contributed by atoms with Gasteiger partial charge in [0.15, 0.2) is 17.8 Å². The molecule has 3 rings (SSSR count). The predicted octanol–water partition coefficient (Wildman–Crippen LogP) is 4.19. The lowest BCUT2D eigenvalue weighted by Crippen LogP contribution is -2.22. The van der Waals surface area contributed by atoms with Crippen molar-refractivity contribution in [2.75, 3.05) is 34.5 Å². The van der Waals surface area contributed by atoms with Gasteiger partial charge in [0.25, 0.3) is 0 Å². The summed E-state index contributed by atoms with van der Waals surface area (Å²) in [7, 11) is 4.79. The second kappa shape index (κ2) is 11.2. The number of benzene rings is 2. The molecule has 2 unspecified atom stereocenters. The van der Waals surface area contributed by atoms with Crippen LogP contribution in [-0.4, -0.2) is 51.0 Å². The molecule has 0 saturated carbocycles. The summed E-state index contributed by atoms with van der Waals surface area (Å²) in [6.45, 7) is 1.57. The van der Waals surface area contributed by atoms with Gasteiger partial charge in [-0.05, 0) is 36.1 Å². The fourth-order valence-corrected chi connectivity index (χ4v) is 3.60. The van der Waals surface area contributed by atoms with Gasteiger partial charge < -0.3 is 28.9 Å². The quantitative estimate of drug-likeness (QED) is 0.434. The van der Waals surface area contributed by atoms with Crippen molar-refractivity contribution >= 4 is 0 Å². The highest BCUT2D eigenvalue weighted by Gasteiger charge is 2.29. The number of nitrogens with zero attached hydrogens (tertiary/aromatic N) is 1. The van der Waals surface area contributed by atoms with E-state index in [2.05, 4.69) is 0 Å². The Morgan fingerprint density at radius 2 is 1.70 bits per heavy atom. The van der Waals surface area contributed by atoms with E-state index in [1.165, 1.54) is 5.06 Å². The van der Waals surface area contributed by atoms with Gasteiger partial charge >= 0.3 is 0 Å². The van der Waals surface area contributed by atoms with E-state index >= 15 is 0 Å². The molecule has 2 aromatic carbocycles. The number of ether oxygens (including phenoxy) is 5. The van der Waals surface area contributed by atoms with E-state index in [0.29, 0.717) is 36.9 Å². The second-order valence-corrected chi connectivity index (χ2v) is 7.19. The van der Waals surface area contributed by atoms with Gasteiger partial charge in [0.2, 0.25) is 5.75 Å². The van der Waals surface area contributed by atoms with Gasteiger partial charge in [-0.3, -0.25) is 0 Å². The fourth-order valence-electron chi connectivity index (χ4n) is 3.60. The Hall–Kier alpha value is -2.32. The number of rotatable bonds is 11. The maximum absolute atomic E-state index is 10.0. The molecule has 1 N–H and O–H groups in total. The highest BCUT2D eigenvalue weighted by atomic mass is 16.7. The molecular formula is C23H31NO6. The van der Waals surface area contributed by atoms with Crippen molar-refractivity contribution in [3.63, 3.8) is 0 Å². The van der Waals surface area contributed by atoms with Crippen LogP contribution in [0.25, 0.3) is 0 Å². The van der Waals surface area contributed by atoms with Crippen LogP contribution in [0.2, 0.25) is 0 Å². The first-order chi connectivity index (χ1) is 14.6. The van der Waals surface area contributed by atoms with E-state index in [-0.39, 0.29) is 12.4 Å². The Labute approximate surface area is 178 Å². The molecule has 1 heterocycles. The average Bonchev–Trinajstić information content (AvgIpc) is 3.25. The summed E-state index contributed by atoms with van der Waals surface area (Å²) in [5.41, 5.74) is 2.05. The van der Waals surface area contributed by atoms with E-state index in [4.69, 9.17) is 23.7 Å². The van der Waals surface area contributed by atoms with Gasteiger partial charge in [0.1, 0.15) is 0 Å². The summed E-state index contributed by atoms with van der Waals surface area (Å²) >= 11 is 0. The molecule has 1 aliphatic heterocycles. The van der Waals surface area contributed by atoms with Crippen molar-refractivity contribution in [2.24, 2.45) is 0 Å². The van der Waals surface area contributed by atoms with Crippen LogP contribution in [-0.2, 0) is 16.0 Å². The zero-order valence-corrected chi connectivity index (χ0v) is 17.9. The number of hydrogen-bond acceptors (Lipinski definition) is 7. The summed E-state index contributed by atoms with van der Waals surface area (Å²) < 4.78 is 28.2. The van der Waals surface area contributed by atoms with E-state index in [1.54, 1.807) is 21.3 Å². The lowest BCUT2D eigenvalue weighted by molar-refractivity contribution is -0.144. The van der Waals surface area contributed by atoms with Crippen molar-refractivity contribution in [1.29, 1.82) is 0 Å². The number of methoxy groups -OCH3 is 3. The van der Waals surface area contributed by atoms with Crippen LogP contribution in [0.15, 0.2) is 42.5 Å². The lowest BCUT2D eigenvalue weighted by atomic mass is 10.1. The zero-order chi connectivity index (χ0) is 21.3. The monoisotopic (exact) mass is 417 g/mol. The maximum atomic E-state index is 10.0. The molecule has 30 heavy (non-hydrogen) atoms. The second-order valence-electron chi connectivity index (χ2n) is 7.19. The third-order valence-corrected chi connectivity index (χ3v) is 5.11. The molecule has 2 atom stereocenters. The summed E-state index contributed by atoms with van der Waals surface area (Å²) in [6, 6.07) is 13.7. The normalized spacial score (nSPS) is 18.6. The molecule has 1 fully saturated rings. The molecule has 1 aliphatic rings. The van der Waals surface area contributed by atoms with Crippen LogP contribution in [0, 0.1) is 0 Å². The molecule has 0 amide bonds. The van der Waals surface area contributed by atoms with Crippen LogP contribution in [0.1, 0.15) is 36.5 Å². The van der Waals surface area contributed by atoms with E-state index in [1.807, 2.05) is 42.5 Å². The molecule has 7 nitrogen and oxygen atoms in total. The van der Waals surface area contributed by atoms with Crippen molar-refractivity contribution in [3.8, 4) is 17.2 Å². The third kappa shape index (κ3) is 5.86. The van der Waals surface area contributed by atoms with Crippen LogP contribution in [0.4, 0.5) is 0 Å². The largest absolute Gasteiger partial charge is 0.493 e. The SMILES string of the molecule is COc1cc(C2CCC(OCCCN(O)Cc3ccccc3)O2)cc(OC)c1OC. The van der Waals surface area contributed by atoms with Crippen molar-refractivity contribution < 1.29 is 28.9 Å². The summed E-state index contributed by atoms with van der Waals surface area (Å²) in [4.78, 5) is 0. The molecule has 0 bridgehead atoms. The van der Waals surface area contributed by atoms with E-state index in [9.17, 15) is 5.21 Å². The summed E-state index contributed by atoms with van der Waals surface area (Å²) in [5.74, 6) is 1.79. The maximum Gasteiger partial charge on any atom is 0.203 e. The number of hydroxylamine groups is 2. The summed E-state index contributed by atoms with van der Waals surface area (Å²) in [5, 5.41) is 11.4. The first kappa shape index (κ1) is 22.4. The Kier molecular flexibility index (Phi) is 8.33. The van der Waals surface area contributed by atoms with Crippen molar-refractivity contribution in [3.05, 3.63) is 53.6 Å². The zero-order valence-electron chi connectivity index (χ0n) is 17.9. The van der Waals surface area contributed by atoms with Gasteiger partial charge in [0, 0.05) is 19.5 Å². The fraction of sp³-hybridized carbons (Fsp3) is 0.478. The van der Waals surface area contributed by atoms with Crippen LogP contribution in [0.3, 0.4) is 0 Å². The minimum atomic E-state index is -0.254. The number of hydrogen-bond donors (Lipinski definition) is 1. The molecule has 164 valence electrons. The first-order valence-electron chi connectivity index (χ1n) is 10.2. The van der Waals surface area contributed by atoms with Gasteiger partial charge in [-0.15, -0.1) is 0 Å². The summed E-state index contributed by atoms with van der Waals surface area (Å²) in [6.07, 6.45) is 2.04. The highest BCUT2D eigenvalue weighted by molar-refractivity contribution is 5.54. The Morgan fingerprint density at radius 1 is 1.00 bits per heavy atom. The molecule has 0 aromatic heterocycles. The molecular weight excluding hydrogens is 386 g/mol. The van der Waals surface area contributed by atoms with Gasteiger partial charge in [-0.2, -0.15) is 5.06 Å². The van der Waals surface area contributed by atoms with Gasteiger partial charge in [-0.1, -0.05) is 30.3 Å². The topological polar surface area (TPSA) is 69.6 Å². The molecule has 1 saturated heterocycles. The smallest absolute Gasteiger partial charge is 0.203 e. The molecule has 2 aromatic rings. The van der Waals surface area contributed by atoms with Crippen LogP contribution >= 0.6 is 0 Å². The minimum absolute atomic E-state index is 0.0869. The van der Waals surface area contributed by atoms with Crippen LogP contribution in [0.5, 0.6) is 17.2 Å². The minimum Gasteiger partial charge on any atom is -0.493 e. The third-order valence-electron chi connectivity index (χ3n) is 5.11. The highest BCUT2D eigenvalue weighted by Crippen LogP contribution is 2.43. The van der Waals surface area contributed by atoms with E-state index < -0.39 is 0 Å². The Bertz CT molecular complexity index is 760.